The number of nitrogens with one attached hydrogen (secondary N) is 1. The highest BCUT2D eigenvalue weighted by Gasteiger charge is 2.20. The zero-order chi connectivity index (χ0) is 20.9. The Balaban J connectivity index is 1.50. The highest BCUT2D eigenvalue weighted by molar-refractivity contribution is 5.97. The van der Waals surface area contributed by atoms with Crippen molar-refractivity contribution < 1.29 is 4.79 Å². The molecule has 0 saturated carbocycles. The number of nitrogens with two attached hydrogens (primary N) is 1. The van der Waals surface area contributed by atoms with Crippen LogP contribution < -0.4 is 11.1 Å². The number of anilines is 1. The maximum Gasteiger partial charge on any atom is 0.314 e. The van der Waals surface area contributed by atoms with Crippen LogP contribution in [0.3, 0.4) is 0 Å². The Morgan fingerprint density at radius 2 is 2.03 bits per heavy atom. The molecule has 0 aliphatic carbocycles. The van der Waals surface area contributed by atoms with Gasteiger partial charge in [-0.25, -0.2) is 4.79 Å². The Morgan fingerprint density at radius 3 is 2.80 bits per heavy atom. The molecular formula is C24H25N5O. The summed E-state index contributed by atoms with van der Waals surface area (Å²) in [4.78, 5) is 17.3. The Kier molecular flexibility index (Phi) is 5.80. The summed E-state index contributed by atoms with van der Waals surface area (Å²) in [5.41, 5.74) is 9.17. The van der Waals surface area contributed by atoms with Crippen LogP contribution in [0.2, 0.25) is 0 Å². The first-order valence-electron chi connectivity index (χ1n) is 10.3. The van der Waals surface area contributed by atoms with Crippen LogP contribution in [0, 0.1) is 17.2 Å². The number of urea groups is 1. The van der Waals surface area contributed by atoms with Gasteiger partial charge in [0.05, 0.1) is 11.6 Å². The number of benzene rings is 2. The fraction of sp³-hybridized carbons (Fsp3) is 0.292. The molecule has 0 spiro atoms. The van der Waals surface area contributed by atoms with E-state index in [1.165, 1.54) is 0 Å². The summed E-state index contributed by atoms with van der Waals surface area (Å²) in [6.45, 7) is 2.35. The number of carbonyl (C=O) groups excluding carboxylic acids is 1. The lowest BCUT2D eigenvalue weighted by atomic mass is 9.93. The number of primary amides is 1. The quantitative estimate of drug-likeness (QED) is 0.666. The largest absolute Gasteiger partial charge is 0.384 e. The molecule has 1 aliphatic rings. The summed E-state index contributed by atoms with van der Waals surface area (Å²) >= 11 is 0. The fourth-order valence-corrected chi connectivity index (χ4v) is 4.13. The summed E-state index contributed by atoms with van der Waals surface area (Å²) in [6, 6.07) is 15.9. The van der Waals surface area contributed by atoms with Crippen LogP contribution in [0.1, 0.15) is 24.8 Å². The molecule has 3 aromatic rings. The van der Waals surface area contributed by atoms with Gasteiger partial charge < -0.3 is 16.0 Å². The summed E-state index contributed by atoms with van der Waals surface area (Å²) in [6.07, 6.45) is 6.72. The van der Waals surface area contributed by atoms with Gasteiger partial charge in [-0.15, -0.1) is 0 Å². The van der Waals surface area contributed by atoms with Gasteiger partial charge in [-0.2, -0.15) is 5.26 Å². The zero-order valence-corrected chi connectivity index (χ0v) is 16.8. The minimum absolute atomic E-state index is 0.317. The van der Waals surface area contributed by atoms with Gasteiger partial charge in [-0.3, -0.25) is 4.98 Å². The lowest BCUT2D eigenvalue weighted by molar-refractivity contribution is 0.177. The van der Waals surface area contributed by atoms with E-state index >= 15 is 0 Å². The standard InChI is InChI=1S/C24H25N5O/c25-15-18-2-1-3-19(12-18)21-13-20-5-8-27-16-22(20)23(14-21)28-9-4-17-6-10-29(11-7-17)24(26)30/h1-3,5,8,12-14,16-17,28H,4,6-7,9-11H2,(H2,26,30). The molecule has 1 aromatic heterocycles. The summed E-state index contributed by atoms with van der Waals surface area (Å²) in [5, 5.41) is 15.0. The highest BCUT2D eigenvalue weighted by Crippen LogP contribution is 2.31. The summed E-state index contributed by atoms with van der Waals surface area (Å²) in [7, 11) is 0. The van der Waals surface area contributed by atoms with Gasteiger partial charge in [-0.1, -0.05) is 12.1 Å². The first kappa shape index (κ1) is 19.7. The van der Waals surface area contributed by atoms with E-state index in [-0.39, 0.29) is 6.03 Å². The highest BCUT2D eigenvalue weighted by atomic mass is 16.2. The van der Waals surface area contributed by atoms with Crippen LogP contribution in [-0.2, 0) is 0 Å². The van der Waals surface area contributed by atoms with Crippen LogP contribution in [-0.4, -0.2) is 35.5 Å². The molecule has 0 radical (unpaired) electrons. The molecule has 30 heavy (non-hydrogen) atoms. The molecule has 0 atom stereocenters. The lowest BCUT2D eigenvalue weighted by Crippen LogP contribution is -2.41. The first-order chi connectivity index (χ1) is 14.6. The Bertz CT molecular complexity index is 1100. The van der Waals surface area contributed by atoms with Crippen LogP contribution in [0.5, 0.6) is 0 Å². The van der Waals surface area contributed by atoms with Crippen molar-refractivity contribution in [2.24, 2.45) is 11.7 Å². The number of likely N-dealkylation sites (tertiary alicyclic amines) is 1. The summed E-state index contributed by atoms with van der Waals surface area (Å²) < 4.78 is 0. The maximum absolute atomic E-state index is 11.3. The van der Waals surface area contributed by atoms with Gasteiger partial charge in [0.1, 0.15) is 0 Å². The van der Waals surface area contributed by atoms with Crippen LogP contribution >= 0.6 is 0 Å². The van der Waals surface area contributed by atoms with Crippen LogP contribution in [0.25, 0.3) is 21.9 Å². The van der Waals surface area contributed by atoms with E-state index in [0.717, 1.165) is 66.5 Å². The third-order valence-corrected chi connectivity index (χ3v) is 5.88. The predicted molar refractivity (Wildman–Crippen MR) is 119 cm³/mol. The SMILES string of the molecule is N#Cc1cccc(-c2cc(NCCC3CCN(C(N)=O)CC3)c3cnccc3c2)c1. The minimum Gasteiger partial charge on any atom is -0.384 e. The number of nitrogens with zero attached hydrogens (tertiary/aromatic N) is 3. The topological polar surface area (TPSA) is 95.0 Å². The van der Waals surface area contributed by atoms with E-state index in [1.807, 2.05) is 36.5 Å². The van der Waals surface area contributed by atoms with E-state index in [1.54, 1.807) is 11.1 Å². The van der Waals surface area contributed by atoms with E-state index in [4.69, 9.17) is 5.73 Å². The number of hydrogen-bond donors (Lipinski definition) is 2. The molecule has 1 fully saturated rings. The third-order valence-electron chi connectivity index (χ3n) is 5.88. The fourth-order valence-electron chi connectivity index (χ4n) is 4.13. The number of nitriles is 1. The number of amides is 2. The molecule has 6 heteroatoms. The van der Waals surface area contributed by atoms with Crippen molar-refractivity contribution in [1.29, 1.82) is 5.26 Å². The number of carbonyl (C=O) groups is 1. The second-order valence-corrected chi connectivity index (χ2v) is 7.80. The Morgan fingerprint density at radius 1 is 1.20 bits per heavy atom. The molecule has 2 aromatic carbocycles. The molecule has 0 bridgehead atoms. The predicted octanol–water partition coefficient (Wildman–Crippen LogP) is 4.37. The van der Waals surface area contributed by atoms with Gasteiger partial charge in [0.15, 0.2) is 0 Å². The second-order valence-electron chi connectivity index (χ2n) is 7.80. The molecular weight excluding hydrogens is 374 g/mol. The van der Waals surface area contributed by atoms with Crippen molar-refractivity contribution in [2.75, 3.05) is 25.0 Å². The van der Waals surface area contributed by atoms with Crippen LogP contribution in [0.4, 0.5) is 10.5 Å². The second kappa shape index (κ2) is 8.83. The molecule has 0 unspecified atom stereocenters. The van der Waals surface area contributed by atoms with E-state index < -0.39 is 0 Å². The van der Waals surface area contributed by atoms with E-state index in [9.17, 15) is 10.1 Å². The Hall–Kier alpha value is -3.59. The molecule has 3 N–H and O–H groups in total. The number of rotatable bonds is 5. The van der Waals surface area contributed by atoms with E-state index in [0.29, 0.717) is 11.5 Å². The molecule has 4 rings (SSSR count). The number of aromatic nitrogens is 1. The smallest absolute Gasteiger partial charge is 0.314 e. The van der Waals surface area contributed by atoms with Crippen molar-refractivity contribution >= 4 is 22.5 Å². The minimum atomic E-state index is -0.317. The lowest BCUT2D eigenvalue weighted by Gasteiger charge is -2.30. The molecule has 1 saturated heterocycles. The van der Waals surface area contributed by atoms with Crippen molar-refractivity contribution in [2.45, 2.75) is 19.3 Å². The third kappa shape index (κ3) is 4.36. The molecule has 2 amide bonds. The first-order valence-corrected chi connectivity index (χ1v) is 10.3. The average molecular weight is 399 g/mol. The average Bonchev–Trinajstić information content (AvgIpc) is 2.79. The van der Waals surface area contributed by atoms with Gasteiger partial charge in [0, 0.05) is 43.1 Å². The summed E-state index contributed by atoms with van der Waals surface area (Å²) in [5.74, 6) is 0.591. The molecule has 6 nitrogen and oxygen atoms in total. The van der Waals surface area contributed by atoms with Crippen molar-refractivity contribution in [3.8, 4) is 17.2 Å². The van der Waals surface area contributed by atoms with Gasteiger partial charge >= 0.3 is 6.03 Å². The van der Waals surface area contributed by atoms with Crippen molar-refractivity contribution in [1.82, 2.24) is 9.88 Å². The normalized spacial score (nSPS) is 14.4. The molecule has 2 heterocycles. The number of pyridine rings is 1. The molecule has 1 aliphatic heterocycles. The number of hydrogen-bond acceptors (Lipinski definition) is 4. The Labute approximate surface area is 176 Å². The van der Waals surface area contributed by atoms with Gasteiger partial charge in [0.2, 0.25) is 0 Å². The monoisotopic (exact) mass is 399 g/mol. The van der Waals surface area contributed by atoms with Crippen molar-refractivity contribution in [3.05, 3.63) is 60.4 Å². The number of piperidine rings is 1. The van der Waals surface area contributed by atoms with Crippen molar-refractivity contribution in [3.63, 3.8) is 0 Å². The zero-order valence-electron chi connectivity index (χ0n) is 16.8. The van der Waals surface area contributed by atoms with Gasteiger partial charge in [0.25, 0.3) is 0 Å². The van der Waals surface area contributed by atoms with Gasteiger partial charge in [-0.05, 0) is 72.0 Å². The molecule has 152 valence electrons. The number of fused-ring (bicyclic) bond motifs is 1. The van der Waals surface area contributed by atoms with E-state index in [2.05, 4.69) is 28.5 Å². The maximum atomic E-state index is 11.3. The van der Waals surface area contributed by atoms with Crippen LogP contribution in [0.15, 0.2) is 54.9 Å².